The summed E-state index contributed by atoms with van der Waals surface area (Å²) in [6, 6.07) is 1.93. The first-order valence-corrected chi connectivity index (χ1v) is 5.15. The van der Waals surface area contributed by atoms with Gasteiger partial charge in [-0.15, -0.1) is 0 Å². The number of methoxy groups -OCH3 is 1. The molecule has 1 rings (SSSR count). The Morgan fingerprint density at radius 3 is 2.53 bits per heavy atom. The summed E-state index contributed by atoms with van der Waals surface area (Å²) in [5.41, 5.74) is 8.58. The van der Waals surface area contributed by atoms with Gasteiger partial charge in [0.1, 0.15) is 5.75 Å². The van der Waals surface area contributed by atoms with E-state index < -0.39 is 0 Å². The lowest BCUT2D eigenvalue weighted by atomic mass is 10.1. The standard InChI is InChI=1S/C11H17ClN2O/c1-7-5-9(15-4)11(14(3)6-13)8(2)10(7)12/h5H,6,13H2,1-4H3. The van der Waals surface area contributed by atoms with Crippen LogP contribution in [0.3, 0.4) is 0 Å². The summed E-state index contributed by atoms with van der Waals surface area (Å²) in [6.07, 6.45) is 0. The van der Waals surface area contributed by atoms with Gasteiger partial charge in [-0.2, -0.15) is 0 Å². The highest BCUT2D eigenvalue weighted by molar-refractivity contribution is 6.32. The molecule has 4 heteroatoms. The van der Waals surface area contributed by atoms with Crippen molar-refractivity contribution in [1.82, 2.24) is 0 Å². The molecule has 0 aliphatic carbocycles. The van der Waals surface area contributed by atoms with Gasteiger partial charge >= 0.3 is 0 Å². The van der Waals surface area contributed by atoms with Gasteiger partial charge in [-0.1, -0.05) is 11.6 Å². The molecule has 0 aromatic heterocycles. The van der Waals surface area contributed by atoms with Crippen molar-refractivity contribution in [3.05, 3.63) is 22.2 Å². The van der Waals surface area contributed by atoms with E-state index in [-0.39, 0.29) is 0 Å². The van der Waals surface area contributed by atoms with Gasteiger partial charge < -0.3 is 15.4 Å². The first kappa shape index (κ1) is 12.1. The fraction of sp³-hybridized carbons (Fsp3) is 0.455. The molecule has 2 N–H and O–H groups in total. The number of rotatable bonds is 3. The van der Waals surface area contributed by atoms with Gasteiger partial charge in [0.2, 0.25) is 0 Å². The van der Waals surface area contributed by atoms with Gasteiger partial charge in [0.25, 0.3) is 0 Å². The summed E-state index contributed by atoms with van der Waals surface area (Å²) in [5, 5.41) is 0.770. The lowest BCUT2D eigenvalue weighted by molar-refractivity contribution is 0.414. The summed E-state index contributed by atoms with van der Waals surface area (Å²) in [7, 11) is 3.56. The van der Waals surface area contributed by atoms with Crippen LogP contribution >= 0.6 is 11.6 Å². The van der Waals surface area contributed by atoms with Crippen LogP contribution in [0.2, 0.25) is 5.02 Å². The predicted molar refractivity (Wildman–Crippen MR) is 64.9 cm³/mol. The summed E-state index contributed by atoms with van der Waals surface area (Å²) in [6.45, 7) is 4.36. The van der Waals surface area contributed by atoms with Crippen LogP contribution in [0.4, 0.5) is 5.69 Å². The van der Waals surface area contributed by atoms with E-state index in [0.29, 0.717) is 6.67 Å². The van der Waals surface area contributed by atoms with Crippen molar-refractivity contribution in [2.45, 2.75) is 13.8 Å². The number of aryl methyl sites for hydroxylation is 1. The van der Waals surface area contributed by atoms with E-state index in [4.69, 9.17) is 22.1 Å². The first-order chi connectivity index (χ1) is 7.02. The van der Waals surface area contributed by atoms with Crippen LogP contribution in [0.15, 0.2) is 6.07 Å². The first-order valence-electron chi connectivity index (χ1n) is 4.77. The Morgan fingerprint density at radius 2 is 2.07 bits per heavy atom. The van der Waals surface area contributed by atoms with Gasteiger partial charge in [-0.25, -0.2) is 0 Å². The highest BCUT2D eigenvalue weighted by Gasteiger charge is 2.15. The smallest absolute Gasteiger partial charge is 0.142 e. The zero-order valence-corrected chi connectivity index (χ0v) is 10.4. The van der Waals surface area contributed by atoms with Crippen molar-refractivity contribution in [2.24, 2.45) is 5.73 Å². The molecule has 84 valence electrons. The number of anilines is 1. The van der Waals surface area contributed by atoms with Crippen LogP contribution in [0.1, 0.15) is 11.1 Å². The highest BCUT2D eigenvalue weighted by Crippen LogP contribution is 2.37. The van der Waals surface area contributed by atoms with Gasteiger partial charge in [0, 0.05) is 12.1 Å². The molecule has 0 aliphatic rings. The van der Waals surface area contributed by atoms with Crippen LogP contribution in [-0.4, -0.2) is 20.8 Å². The molecule has 0 spiro atoms. The SMILES string of the molecule is COc1cc(C)c(Cl)c(C)c1N(C)CN. The number of halogens is 1. The van der Waals surface area contributed by atoms with E-state index in [2.05, 4.69) is 0 Å². The molecule has 0 saturated carbocycles. The highest BCUT2D eigenvalue weighted by atomic mass is 35.5. The summed E-state index contributed by atoms with van der Waals surface area (Å²) in [4.78, 5) is 1.92. The Morgan fingerprint density at radius 1 is 1.47 bits per heavy atom. The molecule has 0 aliphatic heterocycles. The second-order valence-electron chi connectivity index (χ2n) is 3.56. The zero-order chi connectivity index (χ0) is 11.6. The van der Waals surface area contributed by atoms with E-state index in [9.17, 15) is 0 Å². The van der Waals surface area contributed by atoms with Crippen molar-refractivity contribution < 1.29 is 4.74 Å². The number of benzene rings is 1. The Bertz CT molecular complexity index is 366. The van der Waals surface area contributed by atoms with E-state index in [1.807, 2.05) is 31.9 Å². The molecular formula is C11H17ClN2O. The third kappa shape index (κ3) is 2.19. The molecule has 1 aromatic rings. The van der Waals surface area contributed by atoms with Crippen molar-refractivity contribution in [2.75, 3.05) is 25.7 Å². The fourth-order valence-electron chi connectivity index (χ4n) is 1.63. The number of nitrogens with two attached hydrogens (primary N) is 1. The van der Waals surface area contributed by atoms with Crippen LogP contribution in [0.25, 0.3) is 0 Å². The summed E-state index contributed by atoms with van der Waals surface area (Å²) in [5.74, 6) is 0.808. The van der Waals surface area contributed by atoms with Crippen molar-refractivity contribution in [3.8, 4) is 5.75 Å². The van der Waals surface area contributed by atoms with Crippen molar-refractivity contribution in [1.29, 1.82) is 0 Å². The maximum absolute atomic E-state index is 6.19. The van der Waals surface area contributed by atoms with Gasteiger partial charge in [-0.05, 0) is 31.0 Å². The second-order valence-corrected chi connectivity index (χ2v) is 3.94. The fourth-order valence-corrected chi connectivity index (χ4v) is 1.78. The maximum atomic E-state index is 6.19. The topological polar surface area (TPSA) is 38.5 Å². The number of ether oxygens (including phenoxy) is 1. The van der Waals surface area contributed by atoms with Gasteiger partial charge in [0.15, 0.2) is 0 Å². The number of hydrogen-bond donors (Lipinski definition) is 1. The molecule has 0 heterocycles. The summed E-state index contributed by atoms with van der Waals surface area (Å²) >= 11 is 6.19. The largest absolute Gasteiger partial charge is 0.495 e. The Balaban J connectivity index is 3.40. The molecule has 0 saturated heterocycles. The third-order valence-electron chi connectivity index (χ3n) is 2.49. The van der Waals surface area contributed by atoms with E-state index in [0.717, 1.165) is 27.6 Å². The molecule has 0 fully saturated rings. The van der Waals surface area contributed by atoms with Crippen LogP contribution in [0, 0.1) is 13.8 Å². The number of nitrogens with zero attached hydrogens (tertiary/aromatic N) is 1. The van der Waals surface area contributed by atoms with Gasteiger partial charge in [0.05, 0.1) is 19.5 Å². The third-order valence-corrected chi connectivity index (χ3v) is 3.07. The monoisotopic (exact) mass is 228 g/mol. The molecule has 0 amide bonds. The molecular weight excluding hydrogens is 212 g/mol. The minimum atomic E-state index is 0.427. The zero-order valence-electron chi connectivity index (χ0n) is 9.60. The summed E-state index contributed by atoms with van der Waals surface area (Å²) < 4.78 is 5.33. The molecule has 0 unspecified atom stereocenters. The van der Waals surface area contributed by atoms with E-state index in [1.165, 1.54) is 0 Å². The second kappa shape index (κ2) is 4.73. The number of hydrogen-bond acceptors (Lipinski definition) is 3. The predicted octanol–water partition coefficient (Wildman–Crippen LogP) is 2.32. The lowest BCUT2D eigenvalue weighted by Gasteiger charge is -2.23. The van der Waals surface area contributed by atoms with Crippen LogP contribution in [-0.2, 0) is 0 Å². The average Bonchev–Trinajstić information content (AvgIpc) is 2.24. The van der Waals surface area contributed by atoms with E-state index >= 15 is 0 Å². The van der Waals surface area contributed by atoms with Crippen molar-refractivity contribution >= 4 is 17.3 Å². The molecule has 1 aromatic carbocycles. The van der Waals surface area contributed by atoms with E-state index in [1.54, 1.807) is 7.11 Å². The molecule has 0 radical (unpaired) electrons. The van der Waals surface area contributed by atoms with Gasteiger partial charge in [-0.3, -0.25) is 0 Å². The molecule has 3 nitrogen and oxygen atoms in total. The Labute approximate surface area is 95.8 Å². The van der Waals surface area contributed by atoms with Crippen molar-refractivity contribution in [3.63, 3.8) is 0 Å². The quantitative estimate of drug-likeness (QED) is 0.807. The minimum absolute atomic E-state index is 0.427. The normalized spacial score (nSPS) is 10.3. The molecule has 0 bridgehead atoms. The van der Waals surface area contributed by atoms with Crippen LogP contribution in [0.5, 0.6) is 5.75 Å². The minimum Gasteiger partial charge on any atom is -0.495 e. The Hall–Kier alpha value is -0.930. The molecule has 15 heavy (non-hydrogen) atoms. The molecule has 0 atom stereocenters. The average molecular weight is 229 g/mol. The van der Waals surface area contributed by atoms with Crippen LogP contribution < -0.4 is 15.4 Å². The maximum Gasteiger partial charge on any atom is 0.142 e. The lowest BCUT2D eigenvalue weighted by Crippen LogP contribution is -2.26. The Kier molecular flexibility index (Phi) is 3.83.